The minimum atomic E-state index is 0.0439. The van der Waals surface area contributed by atoms with Crippen LogP contribution in [0.3, 0.4) is 0 Å². The summed E-state index contributed by atoms with van der Waals surface area (Å²) in [6.07, 6.45) is 0.765. The number of aryl methyl sites for hydroxylation is 1. The first-order valence-electron chi connectivity index (χ1n) is 10.3. The molecule has 1 aliphatic rings. The highest BCUT2D eigenvalue weighted by atomic mass is 32.1. The van der Waals surface area contributed by atoms with Gasteiger partial charge in [0, 0.05) is 44.0 Å². The largest absolute Gasteiger partial charge is 0.492 e. The van der Waals surface area contributed by atoms with Crippen molar-refractivity contribution in [1.82, 2.24) is 24.4 Å². The molecule has 30 heavy (non-hydrogen) atoms. The van der Waals surface area contributed by atoms with Gasteiger partial charge in [0.05, 0.1) is 10.9 Å². The van der Waals surface area contributed by atoms with Crippen LogP contribution in [0.5, 0.6) is 5.88 Å². The van der Waals surface area contributed by atoms with Crippen molar-refractivity contribution in [3.63, 3.8) is 0 Å². The van der Waals surface area contributed by atoms with Crippen molar-refractivity contribution in [2.45, 2.75) is 25.9 Å². The van der Waals surface area contributed by atoms with Crippen LogP contribution in [0.1, 0.15) is 34.1 Å². The summed E-state index contributed by atoms with van der Waals surface area (Å²) >= 11 is 3.30. The fourth-order valence-electron chi connectivity index (χ4n) is 4.06. The second kappa shape index (κ2) is 8.47. The first-order valence-corrected chi connectivity index (χ1v) is 12.0. The van der Waals surface area contributed by atoms with Crippen LogP contribution >= 0.6 is 22.7 Å². The highest BCUT2D eigenvalue weighted by molar-refractivity contribution is 7.17. The highest BCUT2D eigenvalue weighted by Gasteiger charge is 2.32. The first kappa shape index (κ1) is 19.7. The van der Waals surface area contributed by atoms with Gasteiger partial charge in [-0.3, -0.25) is 9.80 Å². The molecule has 0 amide bonds. The van der Waals surface area contributed by atoms with E-state index in [9.17, 15) is 5.11 Å². The number of hydrogen-bond donors (Lipinski definition) is 1. The Morgan fingerprint density at radius 2 is 1.87 bits per heavy atom. The van der Waals surface area contributed by atoms with E-state index in [1.165, 1.54) is 10.4 Å². The predicted molar refractivity (Wildman–Crippen MR) is 121 cm³/mol. The fraction of sp³-hybridized carbons (Fsp3) is 0.364. The zero-order valence-corrected chi connectivity index (χ0v) is 18.6. The van der Waals surface area contributed by atoms with Crippen molar-refractivity contribution in [3.05, 3.63) is 69.0 Å². The second-order valence-corrected chi connectivity index (χ2v) is 9.57. The Morgan fingerprint density at radius 1 is 1.07 bits per heavy atom. The number of fused-ring (bicyclic) bond motifs is 1. The number of aromatic hydroxyl groups is 1. The molecule has 156 valence electrons. The van der Waals surface area contributed by atoms with E-state index in [1.54, 1.807) is 27.2 Å². The van der Waals surface area contributed by atoms with Crippen LogP contribution in [-0.4, -0.2) is 55.7 Å². The summed E-state index contributed by atoms with van der Waals surface area (Å²) in [5.74, 6) is 0.998. The van der Waals surface area contributed by atoms with Gasteiger partial charge < -0.3 is 5.11 Å². The predicted octanol–water partition coefficient (Wildman–Crippen LogP) is 4.03. The summed E-state index contributed by atoms with van der Waals surface area (Å²) in [5, 5.41) is 17.6. The molecular weight excluding hydrogens is 414 g/mol. The van der Waals surface area contributed by atoms with Gasteiger partial charge in [-0.2, -0.15) is 4.52 Å². The summed E-state index contributed by atoms with van der Waals surface area (Å²) in [7, 11) is 0. The molecule has 1 fully saturated rings. The molecule has 8 heteroatoms. The van der Waals surface area contributed by atoms with Gasteiger partial charge in [-0.15, -0.1) is 16.4 Å². The third-order valence-corrected chi connectivity index (χ3v) is 7.64. The van der Waals surface area contributed by atoms with Crippen LogP contribution in [-0.2, 0) is 13.0 Å². The molecule has 1 saturated heterocycles. The van der Waals surface area contributed by atoms with Crippen LogP contribution < -0.4 is 0 Å². The van der Waals surface area contributed by atoms with Crippen molar-refractivity contribution < 1.29 is 5.11 Å². The van der Waals surface area contributed by atoms with E-state index in [1.807, 2.05) is 6.92 Å². The summed E-state index contributed by atoms with van der Waals surface area (Å²) in [6, 6.07) is 15.0. The molecule has 0 spiro atoms. The zero-order valence-electron chi connectivity index (χ0n) is 16.9. The molecule has 0 saturated carbocycles. The first-order chi connectivity index (χ1) is 14.7. The van der Waals surface area contributed by atoms with E-state index in [0.29, 0.717) is 0 Å². The second-order valence-electron chi connectivity index (χ2n) is 7.58. The average Bonchev–Trinajstić information content (AvgIpc) is 3.50. The Kier molecular flexibility index (Phi) is 5.56. The molecule has 1 aromatic carbocycles. The molecule has 5 rings (SSSR count). The SMILES string of the molecule is CCc1nc2sc([C@H](c3cccs3)N3CCN(Cc4ccccc4)CC3)c(O)n2n1. The molecule has 3 aromatic heterocycles. The van der Waals surface area contributed by atoms with Crippen molar-refractivity contribution in [3.8, 4) is 5.88 Å². The molecule has 4 aromatic rings. The molecular formula is C22H25N5OS2. The average molecular weight is 440 g/mol. The van der Waals surface area contributed by atoms with Gasteiger partial charge in [-0.1, -0.05) is 54.7 Å². The number of benzene rings is 1. The molecule has 0 aliphatic carbocycles. The van der Waals surface area contributed by atoms with E-state index >= 15 is 0 Å². The Hall–Kier alpha value is -2.26. The van der Waals surface area contributed by atoms with Crippen LogP contribution in [0.15, 0.2) is 47.8 Å². The third kappa shape index (κ3) is 3.76. The van der Waals surface area contributed by atoms with Gasteiger partial charge in [0.2, 0.25) is 10.8 Å². The maximum Gasteiger partial charge on any atom is 0.230 e. The smallest absolute Gasteiger partial charge is 0.230 e. The summed E-state index contributed by atoms with van der Waals surface area (Å²) in [6.45, 7) is 6.96. The van der Waals surface area contributed by atoms with Crippen molar-refractivity contribution in [1.29, 1.82) is 0 Å². The molecule has 0 radical (unpaired) electrons. The topological polar surface area (TPSA) is 56.9 Å². The van der Waals surface area contributed by atoms with Gasteiger partial charge in [0.25, 0.3) is 0 Å². The lowest BCUT2D eigenvalue weighted by atomic mass is 10.1. The van der Waals surface area contributed by atoms with Gasteiger partial charge in [0.1, 0.15) is 0 Å². The molecule has 0 bridgehead atoms. The van der Waals surface area contributed by atoms with E-state index in [2.05, 4.69) is 67.7 Å². The minimum Gasteiger partial charge on any atom is -0.492 e. The van der Waals surface area contributed by atoms with Gasteiger partial charge >= 0.3 is 0 Å². The Balaban J connectivity index is 1.38. The Bertz CT molecular complexity index is 1100. The monoisotopic (exact) mass is 439 g/mol. The lowest BCUT2D eigenvalue weighted by molar-refractivity contribution is 0.106. The van der Waals surface area contributed by atoms with Crippen molar-refractivity contribution in [2.75, 3.05) is 26.2 Å². The van der Waals surface area contributed by atoms with Crippen LogP contribution in [0.25, 0.3) is 4.96 Å². The fourth-order valence-corrected chi connectivity index (χ4v) is 6.13. The molecule has 1 aliphatic heterocycles. The Labute approximate surface area is 184 Å². The highest BCUT2D eigenvalue weighted by Crippen LogP contribution is 2.41. The van der Waals surface area contributed by atoms with Gasteiger partial charge in [-0.25, -0.2) is 4.98 Å². The lowest BCUT2D eigenvalue weighted by Crippen LogP contribution is -2.47. The number of aromatic nitrogens is 3. The number of thiophene rings is 1. The molecule has 1 N–H and O–H groups in total. The summed E-state index contributed by atoms with van der Waals surface area (Å²) in [4.78, 5) is 12.5. The van der Waals surface area contributed by atoms with Gasteiger partial charge in [0.15, 0.2) is 5.82 Å². The summed E-state index contributed by atoms with van der Waals surface area (Å²) < 4.78 is 1.60. The van der Waals surface area contributed by atoms with Crippen LogP contribution in [0.4, 0.5) is 0 Å². The standard InChI is InChI=1S/C22H25N5OS2/c1-2-18-23-22-27(24-18)21(28)20(30-22)19(17-9-6-14-29-17)26-12-10-25(11-13-26)15-16-7-4-3-5-8-16/h3-9,14,19,28H,2,10-13,15H2,1H3/t19-/m0/s1. The van der Waals surface area contributed by atoms with Crippen molar-refractivity contribution >= 4 is 27.6 Å². The zero-order chi connectivity index (χ0) is 20.5. The maximum absolute atomic E-state index is 11.0. The Morgan fingerprint density at radius 3 is 2.53 bits per heavy atom. The maximum atomic E-state index is 11.0. The van der Waals surface area contributed by atoms with E-state index in [-0.39, 0.29) is 11.9 Å². The van der Waals surface area contributed by atoms with E-state index in [0.717, 1.165) is 54.8 Å². The van der Waals surface area contributed by atoms with Crippen LogP contribution in [0, 0.1) is 0 Å². The molecule has 0 unspecified atom stereocenters. The minimum absolute atomic E-state index is 0.0439. The number of thiazole rings is 1. The number of piperazine rings is 1. The molecule has 4 heterocycles. The van der Waals surface area contributed by atoms with Gasteiger partial charge in [-0.05, 0) is 17.0 Å². The normalized spacial score (nSPS) is 17.0. The lowest BCUT2D eigenvalue weighted by Gasteiger charge is -2.38. The number of nitrogens with zero attached hydrogens (tertiary/aromatic N) is 5. The van der Waals surface area contributed by atoms with Crippen LogP contribution in [0.2, 0.25) is 0 Å². The summed E-state index contributed by atoms with van der Waals surface area (Å²) in [5.41, 5.74) is 1.36. The number of rotatable bonds is 6. The van der Waals surface area contributed by atoms with E-state index in [4.69, 9.17) is 0 Å². The van der Waals surface area contributed by atoms with E-state index < -0.39 is 0 Å². The van der Waals surface area contributed by atoms with Crippen molar-refractivity contribution in [2.24, 2.45) is 0 Å². The molecule has 1 atom stereocenters. The quantitative estimate of drug-likeness (QED) is 0.492. The third-order valence-electron chi connectivity index (χ3n) is 5.64. The number of hydrogen-bond acceptors (Lipinski definition) is 7. The molecule has 6 nitrogen and oxygen atoms in total.